The Kier molecular flexibility index (Phi) is 3.92. The number of aryl methyl sites for hydroxylation is 1. The Bertz CT molecular complexity index is 853. The molecular weight excluding hydrogens is 314 g/mol. The molecule has 1 amide bonds. The minimum absolute atomic E-state index is 0.195. The van der Waals surface area contributed by atoms with Crippen molar-refractivity contribution in [2.75, 3.05) is 23.3 Å². The number of benzene rings is 1. The van der Waals surface area contributed by atoms with Gasteiger partial charge < -0.3 is 10.2 Å². The fraction of sp³-hybridized carbons (Fsp3) is 0.421. The zero-order chi connectivity index (χ0) is 17.4. The molecule has 4 rings (SSSR count). The van der Waals surface area contributed by atoms with Gasteiger partial charge in [-0.2, -0.15) is 10.4 Å². The van der Waals surface area contributed by atoms with Crippen LogP contribution < -0.4 is 10.2 Å². The number of nitrogens with zero attached hydrogens (tertiary/aromatic N) is 4. The van der Waals surface area contributed by atoms with Crippen molar-refractivity contribution in [3.05, 3.63) is 41.2 Å². The summed E-state index contributed by atoms with van der Waals surface area (Å²) in [6, 6.07) is 7.62. The zero-order valence-electron chi connectivity index (χ0n) is 14.3. The largest absolute Gasteiger partial charge is 0.370 e. The third kappa shape index (κ3) is 3.10. The predicted molar refractivity (Wildman–Crippen MR) is 95.7 cm³/mol. The van der Waals surface area contributed by atoms with Crippen molar-refractivity contribution in [2.24, 2.45) is 7.05 Å². The maximum Gasteiger partial charge on any atom is 0.255 e. The average Bonchev–Trinajstić information content (AvgIpc) is 3.18. The summed E-state index contributed by atoms with van der Waals surface area (Å²) in [5, 5.41) is 16.9. The standard InChI is InChI=1S/C19H21N5O/c1-23-12-16(18(22-23)13-4-5-13)21-19(25)14-6-7-17(15(10-14)11-20)24-8-2-3-9-24/h6-7,10,12-13H,2-5,8-9H2,1H3,(H,21,25). The van der Waals surface area contributed by atoms with Crippen LogP contribution in [-0.2, 0) is 7.05 Å². The number of carbonyl (C=O) groups is 1. The minimum Gasteiger partial charge on any atom is -0.370 e. The second-order valence-corrected chi connectivity index (χ2v) is 6.87. The smallest absolute Gasteiger partial charge is 0.255 e. The Labute approximate surface area is 147 Å². The first-order valence-corrected chi connectivity index (χ1v) is 8.79. The number of nitriles is 1. The van der Waals surface area contributed by atoms with Crippen molar-refractivity contribution in [1.29, 1.82) is 5.26 Å². The van der Waals surface area contributed by atoms with Gasteiger partial charge >= 0.3 is 0 Å². The van der Waals surface area contributed by atoms with Crippen LogP contribution in [0.2, 0.25) is 0 Å². The maximum atomic E-state index is 12.6. The Morgan fingerprint density at radius 2 is 2.08 bits per heavy atom. The molecule has 2 fully saturated rings. The van der Waals surface area contributed by atoms with E-state index in [0.717, 1.165) is 55.8 Å². The summed E-state index contributed by atoms with van der Waals surface area (Å²) in [5.41, 5.74) is 3.73. The van der Waals surface area contributed by atoms with E-state index in [4.69, 9.17) is 0 Å². The molecule has 2 aliphatic rings. The molecular formula is C19H21N5O. The molecule has 1 saturated carbocycles. The van der Waals surface area contributed by atoms with Gasteiger partial charge in [0, 0.05) is 37.8 Å². The fourth-order valence-electron chi connectivity index (χ4n) is 3.46. The fourth-order valence-corrected chi connectivity index (χ4v) is 3.46. The third-order valence-electron chi connectivity index (χ3n) is 4.90. The molecule has 128 valence electrons. The molecule has 0 atom stereocenters. The van der Waals surface area contributed by atoms with E-state index < -0.39 is 0 Å². The molecule has 25 heavy (non-hydrogen) atoms. The SMILES string of the molecule is Cn1cc(NC(=O)c2ccc(N3CCCC3)c(C#N)c2)c(C2CC2)n1. The molecule has 2 aromatic rings. The number of hydrogen-bond donors (Lipinski definition) is 1. The molecule has 0 unspecified atom stereocenters. The molecule has 0 bridgehead atoms. The Hall–Kier alpha value is -2.81. The van der Waals surface area contributed by atoms with E-state index in [2.05, 4.69) is 21.4 Å². The summed E-state index contributed by atoms with van der Waals surface area (Å²) >= 11 is 0. The summed E-state index contributed by atoms with van der Waals surface area (Å²) in [4.78, 5) is 14.9. The number of hydrogen-bond acceptors (Lipinski definition) is 4. The number of anilines is 2. The Morgan fingerprint density at radius 1 is 1.32 bits per heavy atom. The lowest BCUT2D eigenvalue weighted by molar-refractivity contribution is 0.102. The molecule has 1 aliphatic carbocycles. The summed E-state index contributed by atoms with van der Waals surface area (Å²) in [6.07, 6.45) is 6.40. The number of amides is 1. The third-order valence-corrected chi connectivity index (χ3v) is 4.90. The zero-order valence-corrected chi connectivity index (χ0v) is 14.3. The summed E-state index contributed by atoms with van der Waals surface area (Å²) in [5.74, 6) is 0.267. The number of carbonyl (C=O) groups excluding carboxylic acids is 1. The van der Waals surface area contributed by atoms with Crippen molar-refractivity contribution >= 4 is 17.3 Å². The van der Waals surface area contributed by atoms with Crippen LogP contribution in [0.25, 0.3) is 0 Å². The van der Waals surface area contributed by atoms with Crippen LogP contribution in [0.4, 0.5) is 11.4 Å². The normalized spacial score (nSPS) is 16.7. The van der Waals surface area contributed by atoms with Gasteiger partial charge in [0.25, 0.3) is 5.91 Å². The molecule has 6 nitrogen and oxygen atoms in total. The molecule has 0 radical (unpaired) electrons. The molecule has 1 aliphatic heterocycles. The van der Waals surface area contributed by atoms with Crippen LogP contribution in [0.15, 0.2) is 24.4 Å². The molecule has 6 heteroatoms. The highest BCUT2D eigenvalue weighted by Gasteiger charge is 2.29. The van der Waals surface area contributed by atoms with E-state index in [9.17, 15) is 10.1 Å². The van der Waals surface area contributed by atoms with Crippen LogP contribution in [0.1, 0.15) is 53.2 Å². The van der Waals surface area contributed by atoms with Crippen LogP contribution in [0.3, 0.4) is 0 Å². The van der Waals surface area contributed by atoms with Gasteiger partial charge in [0.15, 0.2) is 0 Å². The van der Waals surface area contributed by atoms with Gasteiger partial charge in [-0.15, -0.1) is 0 Å². The van der Waals surface area contributed by atoms with E-state index in [1.165, 1.54) is 0 Å². The lowest BCUT2D eigenvalue weighted by Crippen LogP contribution is -2.19. The lowest BCUT2D eigenvalue weighted by atomic mass is 10.1. The topological polar surface area (TPSA) is 74.0 Å². The minimum atomic E-state index is -0.195. The molecule has 0 spiro atoms. The highest BCUT2D eigenvalue weighted by molar-refractivity contribution is 6.05. The molecule has 1 saturated heterocycles. The highest BCUT2D eigenvalue weighted by Crippen LogP contribution is 2.42. The first-order valence-electron chi connectivity index (χ1n) is 8.79. The summed E-state index contributed by atoms with van der Waals surface area (Å²) < 4.78 is 1.74. The quantitative estimate of drug-likeness (QED) is 0.932. The summed E-state index contributed by atoms with van der Waals surface area (Å²) in [7, 11) is 1.86. The van der Waals surface area contributed by atoms with Crippen LogP contribution in [0.5, 0.6) is 0 Å². The van der Waals surface area contributed by atoms with E-state index in [1.54, 1.807) is 16.8 Å². The molecule has 1 N–H and O–H groups in total. The molecule has 2 heterocycles. The average molecular weight is 335 g/mol. The van der Waals surface area contributed by atoms with Gasteiger partial charge in [-0.1, -0.05) is 0 Å². The number of nitrogens with one attached hydrogen (secondary N) is 1. The second-order valence-electron chi connectivity index (χ2n) is 6.87. The summed E-state index contributed by atoms with van der Waals surface area (Å²) in [6.45, 7) is 1.95. The monoisotopic (exact) mass is 335 g/mol. The van der Waals surface area contributed by atoms with E-state index in [0.29, 0.717) is 17.0 Å². The first kappa shape index (κ1) is 15.7. The van der Waals surface area contributed by atoms with Gasteiger partial charge in [-0.25, -0.2) is 0 Å². The van der Waals surface area contributed by atoms with Crippen LogP contribution in [0, 0.1) is 11.3 Å². The van der Waals surface area contributed by atoms with Gasteiger partial charge in [-0.3, -0.25) is 9.48 Å². The van der Waals surface area contributed by atoms with Crippen LogP contribution >= 0.6 is 0 Å². The predicted octanol–water partition coefficient (Wildman–Crippen LogP) is 3.02. The maximum absolute atomic E-state index is 12.6. The number of aromatic nitrogens is 2. The molecule has 1 aromatic carbocycles. The van der Waals surface area contributed by atoms with Gasteiger partial charge in [-0.05, 0) is 43.9 Å². The highest BCUT2D eigenvalue weighted by atomic mass is 16.1. The first-order chi connectivity index (χ1) is 12.2. The van der Waals surface area contributed by atoms with Crippen molar-refractivity contribution in [3.8, 4) is 6.07 Å². The second kappa shape index (κ2) is 6.25. The number of rotatable bonds is 4. The Balaban J connectivity index is 1.57. The van der Waals surface area contributed by atoms with Gasteiger partial charge in [0.05, 0.1) is 22.6 Å². The van der Waals surface area contributed by atoms with Crippen LogP contribution in [-0.4, -0.2) is 28.8 Å². The van der Waals surface area contributed by atoms with E-state index >= 15 is 0 Å². The van der Waals surface area contributed by atoms with Crippen molar-refractivity contribution in [1.82, 2.24) is 9.78 Å². The molecule has 1 aromatic heterocycles. The van der Waals surface area contributed by atoms with Gasteiger partial charge in [0.1, 0.15) is 6.07 Å². The van der Waals surface area contributed by atoms with Gasteiger partial charge in [0.2, 0.25) is 0 Å². The van der Waals surface area contributed by atoms with Crippen molar-refractivity contribution in [3.63, 3.8) is 0 Å². The van der Waals surface area contributed by atoms with E-state index in [1.807, 2.05) is 19.3 Å². The van der Waals surface area contributed by atoms with Crippen molar-refractivity contribution < 1.29 is 4.79 Å². The van der Waals surface area contributed by atoms with E-state index in [-0.39, 0.29) is 5.91 Å². The van der Waals surface area contributed by atoms with Crippen molar-refractivity contribution in [2.45, 2.75) is 31.6 Å². The Morgan fingerprint density at radius 3 is 2.76 bits per heavy atom. The lowest BCUT2D eigenvalue weighted by Gasteiger charge is -2.19.